The summed E-state index contributed by atoms with van der Waals surface area (Å²) in [6, 6.07) is 9.19. The van der Waals surface area contributed by atoms with Gasteiger partial charge < -0.3 is 10.2 Å². The maximum absolute atomic E-state index is 4.49. The third kappa shape index (κ3) is 5.94. The molecule has 1 N–H and O–H groups in total. The molecule has 0 amide bonds. The van der Waals surface area contributed by atoms with E-state index in [2.05, 4.69) is 62.2 Å². The van der Waals surface area contributed by atoms with Crippen LogP contribution in [0.2, 0.25) is 0 Å². The van der Waals surface area contributed by atoms with Gasteiger partial charge in [-0.3, -0.25) is 9.89 Å². The van der Waals surface area contributed by atoms with Crippen molar-refractivity contribution in [3.63, 3.8) is 0 Å². The number of likely N-dealkylation sites (N-methyl/N-ethyl adjacent to an activating group) is 1. The number of guanidine groups is 1. The molecule has 1 saturated heterocycles. The number of aliphatic imine (C=N–C) groups is 1. The number of likely N-dealkylation sites (tertiary alicyclic amines) is 1. The Morgan fingerprint density at radius 2 is 1.96 bits per heavy atom. The van der Waals surface area contributed by atoms with Gasteiger partial charge in [0.1, 0.15) is 0 Å². The minimum absolute atomic E-state index is 0. The number of halogens is 1. The summed E-state index contributed by atoms with van der Waals surface area (Å²) in [6.45, 7) is 4.30. The Morgan fingerprint density at radius 1 is 1.23 bits per heavy atom. The molecule has 0 aliphatic carbocycles. The molecule has 3 rings (SSSR count). The topological polar surface area (TPSA) is 30.9 Å². The quantitative estimate of drug-likeness (QED) is 0.346. The molecule has 144 valence electrons. The Hall–Kier alpha value is -0.640. The van der Waals surface area contributed by atoms with Gasteiger partial charge in [0.25, 0.3) is 0 Å². The number of hydrogen-bond donors (Lipinski definition) is 1. The fourth-order valence-electron chi connectivity index (χ4n) is 3.36. The fourth-order valence-corrected chi connectivity index (χ4v) is 4.91. The predicted octanol–water partition coefficient (Wildman–Crippen LogP) is 4.31. The molecule has 0 bridgehead atoms. The Bertz CT molecular complexity index is 637. The third-order valence-corrected chi connectivity index (χ3v) is 6.66. The molecule has 1 unspecified atom stereocenters. The number of thiophene rings is 2. The summed E-state index contributed by atoms with van der Waals surface area (Å²) in [7, 11) is 4.00. The lowest BCUT2D eigenvalue weighted by Gasteiger charge is -2.29. The van der Waals surface area contributed by atoms with Crippen LogP contribution in [0.5, 0.6) is 0 Å². The summed E-state index contributed by atoms with van der Waals surface area (Å²) in [5.74, 6) is 0.984. The van der Waals surface area contributed by atoms with Gasteiger partial charge in [-0.05, 0) is 55.2 Å². The summed E-state index contributed by atoms with van der Waals surface area (Å²) in [5, 5.41) is 7.93. The number of rotatable bonds is 7. The van der Waals surface area contributed by atoms with Crippen molar-refractivity contribution in [3.05, 3.63) is 44.8 Å². The van der Waals surface area contributed by atoms with Gasteiger partial charge in [-0.1, -0.05) is 12.1 Å². The van der Waals surface area contributed by atoms with Crippen LogP contribution in [0.25, 0.3) is 0 Å². The molecule has 1 fully saturated rings. The minimum atomic E-state index is 0. The summed E-state index contributed by atoms with van der Waals surface area (Å²) in [5.41, 5.74) is 0. The first-order valence-electron chi connectivity index (χ1n) is 8.99. The van der Waals surface area contributed by atoms with E-state index in [-0.39, 0.29) is 24.0 Å². The zero-order valence-corrected chi connectivity index (χ0v) is 19.5. The second-order valence-corrected chi connectivity index (χ2v) is 8.46. The van der Waals surface area contributed by atoms with E-state index in [1.807, 2.05) is 29.7 Å². The first kappa shape index (κ1) is 21.7. The van der Waals surface area contributed by atoms with Gasteiger partial charge >= 0.3 is 0 Å². The molecule has 1 atom stereocenters. The lowest BCUT2D eigenvalue weighted by atomic mass is 10.2. The maximum atomic E-state index is 4.49. The highest BCUT2D eigenvalue weighted by Crippen LogP contribution is 2.27. The third-order valence-electron chi connectivity index (χ3n) is 4.75. The van der Waals surface area contributed by atoms with Crippen LogP contribution in [0.3, 0.4) is 0 Å². The largest absolute Gasteiger partial charge is 0.354 e. The van der Waals surface area contributed by atoms with Crippen molar-refractivity contribution in [2.24, 2.45) is 4.99 Å². The molecule has 0 aromatic carbocycles. The molecule has 0 saturated carbocycles. The first-order chi connectivity index (χ1) is 12.3. The smallest absolute Gasteiger partial charge is 0.193 e. The second kappa shape index (κ2) is 11.3. The highest BCUT2D eigenvalue weighted by atomic mass is 127. The average molecular weight is 505 g/mol. The van der Waals surface area contributed by atoms with E-state index >= 15 is 0 Å². The second-order valence-electron chi connectivity index (χ2n) is 6.45. The predicted molar refractivity (Wildman–Crippen MR) is 125 cm³/mol. The van der Waals surface area contributed by atoms with E-state index in [0.717, 1.165) is 25.5 Å². The van der Waals surface area contributed by atoms with Crippen LogP contribution in [-0.4, -0.2) is 56.0 Å². The van der Waals surface area contributed by atoms with Gasteiger partial charge in [0, 0.05) is 36.9 Å². The van der Waals surface area contributed by atoms with Crippen molar-refractivity contribution in [1.82, 2.24) is 15.1 Å². The van der Waals surface area contributed by atoms with E-state index in [1.54, 1.807) is 0 Å². The van der Waals surface area contributed by atoms with Crippen LogP contribution in [-0.2, 0) is 6.42 Å². The summed E-state index contributed by atoms with van der Waals surface area (Å²) in [4.78, 5) is 12.2. The Morgan fingerprint density at radius 3 is 2.58 bits per heavy atom. The fraction of sp³-hybridized carbons (Fsp3) is 0.526. The van der Waals surface area contributed by atoms with E-state index in [4.69, 9.17) is 0 Å². The zero-order chi connectivity index (χ0) is 17.5. The van der Waals surface area contributed by atoms with Crippen molar-refractivity contribution in [2.45, 2.75) is 25.3 Å². The highest BCUT2D eigenvalue weighted by Gasteiger charge is 2.24. The maximum Gasteiger partial charge on any atom is 0.193 e. The van der Waals surface area contributed by atoms with E-state index in [9.17, 15) is 0 Å². The zero-order valence-electron chi connectivity index (χ0n) is 15.6. The Balaban J connectivity index is 0.00000243. The van der Waals surface area contributed by atoms with Crippen LogP contribution in [0, 0.1) is 0 Å². The molecule has 0 spiro atoms. The van der Waals surface area contributed by atoms with Crippen LogP contribution in [0.1, 0.15) is 28.6 Å². The molecule has 1 aliphatic rings. The molecule has 3 heterocycles. The molecule has 1 aliphatic heterocycles. The SMILES string of the molecule is CN=C(NCC(c1cccs1)N1CCCC1)N(C)CCc1cccs1.I. The molecule has 26 heavy (non-hydrogen) atoms. The molecule has 2 aromatic heterocycles. The molecule has 2 aromatic rings. The average Bonchev–Trinajstić information content (AvgIpc) is 3.40. The number of hydrogen-bond acceptors (Lipinski definition) is 4. The molecular formula is C19H29IN4S2. The molecule has 4 nitrogen and oxygen atoms in total. The van der Waals surface area contributed by atoms with Gasteiger partial charge in [0.05, 0.1) is 6.04 Å². The summed E-state index contributed by atoms with van der Waals surface area (Å²) >= 11 is 3.69. The summed E-state index contributed by atoms with van der Waals surface area (Å²) in [6.07, 6.45) is 3.70. The summed E-state index contributed by atoms with van der Waals surface area (Å²) < 4.78 is 0. The van der Waals surface area contributed by atoms with Crippen molar-refractivity contribution >= 4 is 52.6 Å². The van der Waals surface area contributed by atoms with Gasteiger partial charge in [-0.15, -0.1) is 46.7 Å². The van der Waals surface area contributed by atoms with Crippen molar-refractivity contribution in [2.75, 3.05) is 40.3 Å². The molecule has 0 radical (unpaired) electrons. The van der Waals surface area contributed by atoms with Gasteiger partial charge in [0.15, 0.2) is 5.96 Å². The standard InChI is InChI=1S/C19H28N4S2.HI/c1-20-19(22(2)12-9-16-7-5-13-24-16)21-15-17(18-8-6-14-25-18)23-10-3-4-11-23;/h5-8,13-14,17H,3-4,9-12,15H2,1-2H3,(H,20,21);1H. The Labute approximate surface area is 182 Å². The number of nitrogens with one attached hydrogen (secondary N) is 1. The van der Waals surface area contributed by atoms with Crippen molar-refractivity contribution in [3.8, 4) is 0 Å². The molecular weight excluding hydrogens is 475 g/mol. The van der Waals surface area contributed by atoms with Crippen LogP contribution in [0.15, 0.2) is 40.0 Å². The minimum Gasteiger partial charge on any atom is -0.354 e. The Kier molecular flexibility index (Phi) is 9.38. The van der Waals surface area contributed by atoms with Gasteiger partial charge in [-0.2, -0.15) is 0 Å². The highest BCUT2D eigenvalue weighted by molar-refractivity contribution is 14.0. The first-order valence-corrected chi connectivity index (χ1v) is 10.8. The lowest BCUT2D eigenvalue weighted by molar-refractivity contribution is 0.247. The van der Waals surface area contributed by atoms with Crippen LogP contribution >= 0.6 is 46.7 Å². The van der Waals surface area contributed by atoms with Crippen molar-refractivity contribution in [1.29, 1.82) is 0 Å². The van der Waals surface area contributed by atoms with E-state index < -0.39 is 0 Å². The van der Waals surface area contributed by atoms with E-state index in [0.29, 0.717) is 6.04 Å². The lowest BCUT2D eigenvalue weighted by Crippen LogP contribution is -2.43. The van der Waals surface area contributed by atoms with Gasteiger partial charge in [0.2, 0.25) is 0 Å². The van der Waals surface area contributed by atoms with Crippen molar-refractivity contribution < 1.29 is 0 Å². The van der Waals surface area contributed by atoms with Crippen LogP contribution < -0.4 is 5.32 Å². The monoisotopic (exact) mass is 504 g/mol. The van der Waals surface area contributed by atoms with Gasteiger partial charge in [-0.25, -0.2) is 0 Å². The molecule has 7 heteroatoms. The van der Waals surface area contributed by atoms with Crippen LogP contribution in [0.4, 0.5) is 0 Å². The number of nitrogens with zero attached hydrogens (tertiary/aromatic N) is 3. The van der Waals surface area contributed by atoms with E-state index in [1.165, 1.54) is 35.7 Å². The normalized spacial score (nSPS) is 16.3.